The van der Waals surface area contributed by atoms with Crippen LogP contribution in [0.2, 0.25) is 0 Å². The number of aliphatic imine (C=N–C) groups is 2. The van der Waals surface area contributed by atoms with Crippen LogP contribution >= 0.6 is 0 Å². The molecule has 98 valence electrons. The van der Waals surface area contributed by atoms with Gasteiger partial charge in [-0.25, -0.2) is 9.98 Å². The third kappa shape index (κ3) is 2.82. The molecule has 0 aliphatic carbocycles. The van der Waals surface area contributed by atoms with Crippen molar-refractivity contribution in [2.75, 3.05) is 14.1 Å². The predicted molar refractivity (Wildman–Crippen MR) is 71.4 cm³/mol. The first-order chi connectivity index (χ1) is 8.56. The Labute approximate surface area is 107 Å². The van der Waals surface area contributed by atoms with Crippen LogP contribution in [0, 0.1) is 6.92 Å². The van der Waals surface area contributed by atoms with Crippen LogP contribution in [0.1, 0.15) is 18.2 Å². The maximum atomic E-state index is 5.24. The van der Waals surface area contributed by atoms with Crippen LogP contribution in [0.4, 0.5) is 0 Å². The summed E-state index contributed by atoms with van der Waals surface area (Å²) in [7, 11) is 3.89. The highest BCUT2D eigenvalue weighted by Crippen LogP contribution is 2.09. The van der Waals surface area contributed by atoms with Crippen molar-refractivity contribution in [3.8, 4) is 0 Å². The largest absolute Gasteiger partial charge is 0.469 e. The summed E-state index contributed by atoms with van der Waals surface area (Å²) in [4.78, 5) is 10.8. The molecule has 2 N–H and O–H groups in total. The molecule has 1 aromatic rings. The summed E-state index contributed by atoms with van der Waals surface area (Å²) in [6, 6.07) is 1.94. The second-order valence-electron chi connectivity index (χ2n) is 4.46. The molecule has 2 rings (SSSR count). The van der Waals surface area contributed by atoms with E-state index in [1.807, 2.05) is 38.9 Å². The first-order valence-electron chi connectivity index (χ1n) is 5.92. The highest BCUT2D eigenvalue weighted by molar-refractivity contribution is 6.00. The van der Waals surface area contributed by atoms with E-state index in [0.717, 1.165) is 23.2 Å². The van der Waals surface area contributed by atoms with E-state index in [4.69, 9.17) is 4.42 Å². The summed E-state index contributed by atoms with van der Waals surface area (Å²) in [6.45, 7) is 4.51. The zero-order valence-electron chi connectivity index (χ0n) is 11.2. The molecular weight excluding hydrogens is 230 g/mol. The molecule has 0 spiro atoms. The summed E-state index contributed by atoms with van der Waals surface area (Å²) in [5.74, 6) is 2.45. The Hall–Kier alpha value is -1.98. The Balaban J connectivity index is 2.06. The van der Waals surface area contributed by atoms with Gasteiger partial charge >= 0.3 is 0 Å². The van der Waals surface area contributed by atoms with Crippen LogP contribution in [0.25, 0.3) is 0 Å². The third-order valence-electron chi connectivity index (χ3n) is 2.69. The van der Waals surface area contributed by atoms with E-state index in [9.17, 15) is 0 Å². The fourth-order valence-corrected chi connectivity index (χ4v) is 1.64. The molecule has 1 unspecified atom stereocenters. The molecule has 6 heteroatoms. The first-order valence-corrected chi connectivity index (χ1v) is 5.92. The van der Waals surface area contributed by atoms with Crippen molar-refractivity contribution < 1.29 is 4.42 Å². The van der Waals surface area contributed by atoms with Crippen LogP contribution in [0.15, 0.2) is 26.7 Å². The third-order valence-corrected chi connectivity index (χ3v) is 2.69. The molecule has 1 aliphatic heterocycles. The van der Waals surface area contributed by atoms with Gasteiger partial charge in [0.1, 0.15) is 11.9 Å². The van der Waals surface area contributed by atoms with Crippen molar-refractivity contribution in [2.24, 2.45) is 9.98 Å². The SMILES string of the molecule is Cc1occc1CN=C1NC(N(C)C)=NC(C)N1. The molecular formula is C12H19N5O. The molecule has 1 atom stereocenters. The predicted octanol–water partition coefficient (Wildman–Crippen LogP) is 0.900. The summed E-state index contributed by atoms with van der Waals surface area (Å²) < 4.78 is 5.24. The molecule has 0 amide bonds. The van der Waals surface area contributed by atoms with Crippen molar-refractivity contribution in [2.45, 2.75) is 26.6 Å². The van der Waals surface area contributed by atoms with E-state index in [1.54, 1.807) is 6.26 Å². The van der Waals surface area contributed by atoms with Crippen LogP contribution in [0.3, 0.4) is 0 Å². The zero-order valence-corrected chi connectivity index (χ0v) is 11.2. The van der Waals surface area contributed by atoms with E-state index >= 15 is 0 Å². The van der Waals surface area contributed by atoms with Gasteiger partial charge in [-0.1, -0.05) is 0 Å². The number of nitrogens with zero attached hydrogens (tertiary/aromatic N) is 3. The molecule has 1 aliphatic rings. The standard InChI is InChI=1S/C12H19N5O/c1-8-10(5-6-18-8)7-13-11-14-9(2)15-12(16-11)17(3)4/h5-6,9H,7H2,1-4H3,(H2,13,14,15,16). The average Bonchev–Trinajstić information content (AvgIpc) is 2.71. The topological polar surface area (TPSA) is 65.2 Å². The Kier molecular flexibility index (Phi) is 3.55. The Morgan fingerprint density at radius 3 is 2.89 bits per heavy atom. The number of furan rings is 1. The maximum Gasteiger partial charge on any atom is 0.202 e. The quantitative estimate of drug-likeness (QED) is 0.817. The second kappa shape index (κ2) is 5.12. The van der Waals surface area contributed by atoms with Gasteiger partial charge in [0.15, 0.2) is 5.96 Å². The van der Waals surface area contributed by atoms with Crippen molar-refractivity contribution in [1.29, 1.82) is 0 Å². The minimum absolute atomic E-state index is 0.0212. The number of hydrogen-bond donors (Lipinski definition) is 2. The summed E-state index contributed by atoms with van der Waals surface area (Å²) >= 11 is 0. The minimum atomic E-state index is 0.0212. The fraction of sp³-hybridized carbons (Fsp3) is 0.500. The molecule has 0 saturated carbocycles. The van der Waals surface area contributed by atoms with E-state index in [0.29, 0.717) is 6.54 Å². The zero-order chi connectivity index (χ0) is 13.1. The summed E-state index contributed by atoms with van der Waals surface area (Å²) in [5, 5.41) is 6.33. The van der Waals surface area contributed by atoms with Crippen molar-refractivity contribution in [1.82, 2.24) is 15.5 Å². The number of rotatable bonds is 2. The van der Waals surface area contributed by atoms with E-state index in [-0.39, 0.29) is 6.17 Å². The number of nitrogens with one attached hydrogen (secondary N) is 2. The first kappa shape index (κ1) is 12.5. The lowest BCUT2D eigenvalue weighted by atomic mass is 10.3. The monoisotopic (exact) mass is 249 g/mol. The molecule has 0 bridgehead atoms. The Morgan fingerprint density at radius 2 is 2.28 bits per heavy atom. The van der Waals surface area contributed by atoms with Crippen LogP contribution < -0.4 is 10.6 Å². The number of hydrogen-bond acceptors (Lipinski definition) is 4. The minimum Gasteiger partial charge on any atom is -0.469 e. The Morgan fingerprint density at radius 1 is 1.50 bits per heavy atom. The van der Waals surface area contributed by atoms with Gasteiger partial charge in [-0.05, 0) is 19.9 Å². The molecule has 0 fully saturated rings. The molecule has 2 heterocycles. The van der Waals surface area contributed by atoms with Gasteiger partial charge in [0.2, 0.25) is 5.96 Å². The highest BCUT2D eigenvalue weighted by Gasteiger charge is 2.15. The van der Waals surface area contributed by atoms with Gasteiger partial charge in [-0.3, -0.25) is 5.32 Å². The van der Waals surface area contributed by atoms with Gasteiger partial charge in [-0.15, -0.1) is 0 Å². The van der Waals surface area contributed by atoms with Crippen molar-refractivity contribution in [3.05, 3.63) is 23.7 Å². The van der Waals surface area contributed by atoms with E-state index < -0.39 is 0 Å². The van der Waals surface area contributed by atoms with Crippen LogP contribution in [-0.4, -0.2) is 37.1 Å². The molecule has 0 aromatic carbocycles. The van der Waals surface area contributed by atoms with Gasteiger partial charge in [0, 0.05) is 19.7 Å². The maximum absolute atomic E-state index is 5.24. The smallest absolute Gasteiger partial charge is 0.202 e. The van der Waals surface area contributed by atoms with Crippen molar-refractivity contribution in [3.63, 3.8) is 0 Å². The van der Waals surface area contributed by atoms with Gasteiger partial charge in [0.05, 0.1) is 12.8 Å². The summed E-state index contributed by atoms with van der Waals surface area (Å²) in [6.07, 6.45) is 1.70. The van der Waals surface area contributed by atoms with Crippen LogP contribution in [0.5, 0.6) is 0 Å². The molecule has 1 aromatic heterocycles. The molecule has 6 nitrogen and oxygen atoms in total. The van der Waals surface area contributed by atoms with Crippen molar-refractivity contribution >= 4 is 11.9 Å². The van der Waals surface area contributed by atoms with Gasteiger partial charge in [0.25, 0.3) is 0 Å². The Bertz CT molecular complexity index is 475. The lowest BCUT2D eigenvalue weighted by Crippen LogP contribution is -2.53. The normalized spacial score (nSPS) is 21.2. The molecule has 18 heavy (non-hydrogen) atoms. The lowest BCUT2D eigenvalue weighted by molar-refractivity contribution is 0.529. The summed E-state index contributed by atoms with van der Waals surface area (Å²) in [5.41, 5.74) is 1.09. The van der Waals surface area contributed by atoms with Gasteiger partial charge in [-0.2, -0.15) is 0 Å². The van der Waals surface area contributed by atoms with E-state index in [1.165, 1.54) is 0 Å². The highest BCUT2D eigenvalue weighted by atomic mass is 16.3. The number of aryl methyl sites for hydroxylation is 1. The number of guanidine groups is 2. The van der Waals surface area contributed by atoms with Crippen LogP contribution in [-0.2, 0) is 6.54 Å². The molecule has 0 radical (unpaired) electrons. The molecule has 0 saturated heterocycles. The second-order valence-corrected chi connectivity index (χ2v) is 4.46. The van der Waals surface area contributed by atoms with Gasteiger partial charge < -0.3 is 14.6 Å². The lowest BCUT2D eigenvalue weighted by Gasteiger charge is -2.26. The fourth-order valence-electron chi connectivity index (χ4n) is 1.64. The average molecular weight is 249 g/mol. The van der Waals surface area contributed by atoms with E-state index in [2.05, 4.69) is 20.6 Å².